The van der Waals surface area contributed by atoms with Crippen LogP contribution in [0.2, 0.25) is 0 Å². The Labute approximate surface area is 116 Å². The molecule has 0 atom stereocenters. The molecule has 3 rings (SSSR count). The lowest BCUT2D eigenvalue weighted by atomic mass is 9.69. The highest BCUT2D eigenvalue weighted by atomic mass is 14.7. The van der Waals surface area contributed by atoms with Gasteiger partial charge in [-0.2, -0.15) is 0 Å². The van der Waals surface area contributed by atoms with Gasteiger partial charge in [-0.1, -0.05) is 39.0 Å². The molecule has 0 bridgehead atoms. The summed E-state index contributed by atoms with van der Waals surface area (Å²) >= 11 is 0. The average molecular weight is 255 g/mol. The number of benzene rings is 1. The van der Waals surface area contributed by atoms with Crippen molar-refractivity contribution in [2.24, 2.45) is 11.3 Å². The largest absolute Gasteiger partial charge is 0.361 e. The number of nitrogens with one attached hydrogen (secondary N) is 1. The molecule has 1 N–H and O–H groups in total. The van der Waals surface area contributed by atoms with E-state index in [1.54, 1.807) is 5.56 Å². The van der Waals surface area contributed by atoms with Gasteiger partial charge in [-0.25, -0.2) is 0 Å². The highest BCUT2D eigenvalue weighted by Gasteiger charge is 2.30. The van der Waals surface area contributed by atoms with Gasteiger partial charge in [0.05, 0.1) is 0 Å². The normalized spacial score (nSPS) is 24.8. The molecule has 1 aliphatic rings. The van der Waals surface area contributed by atoms with Gasteiger partial charge >= 0.3 is 0 Å². The third-order valence-electron chi connectivity index (χ3n) is 5.01. The maximum absolute atomic E-state index is 3.43. The monoisotopic (exact) mass is 255 g/mol. The van der Waals surface area contributed by atoms with Crippen molar-refractivity contribution in [2.45, 2.75) is 52.4 Å². The van der Waals surface area contributed by atoms with Gasteiger partial charge in [0.1, 0.15) is 0 Å². The van der Waals surface area contributed by atoms with Crippen LogP contribution in [-0.2, 0) is 0 Å². The SMILES string of the molecule is CC(C)(C)C1CCC(c2c[nH]c3ccccc23)CC1. The summed E-state index contributed by atoms with van der Waals surface area (Å²) in [6.07, 6.45) is 7.71. The molecule has 0 unspecified atom stereocenters. The third-order valence-corrected chi connectivity index (χ3v) is 5.01. The van der Waals surface area contributed by atoms with Crippen LogP contribution in [0.3, 0.4) is 0 Å². The summed E-state index contributed by atoms with van der Waals surface area (Å²) in [5.41, 5.74) is 3.31. The maximum atomic E-state index is 3.43. The molecule has 1 fully saturated rings. The Morgan fingerprint density at radius 3 is 2.37 bits per heavy atom. The Balaban J connectivity index is 1.79. The molecule has 1 heterocycles. The molecule has 1 saturated carbocycles. The molecule has 19 heavy (non-hydrogen) atoms. The molecule has 0 amide bonds. The second-order valence-electron chi connectivity index (χ2n) is 7.20. The van der Waals surface area contributed by atoms with Gasteiger partial charge in [-0.05, 0) is 54.6 Å². The van der Waals surface area contributed by atoms with E-state index in [1.165, 1.54) is 36.6 Å². The van der Waals surface area contributed by atoms with Crippen LogP contribution in [-0.4, -0.2) is 4.98 Å². The number of aromatic amines is 1. The zero-order chi connectivity index (χ0) is 13.5. The molecule has 1 aromatic heterocycles. The molecular weight excluding hydrogens is 230 g/mol. The minimum atomic E-state index is 0.477. The third kappa shape index (κ3) is 2.43. The molecule has 1 aromatic carbocycles. The molecule has 1 heteroatoms. The predicted octanol–water partition coefficient (Wildman–Crippen LogP) is 5.49. The minimum Gasteiger partial charge on any atom is -0.361 e. The number of aromatic nitrogens is 1. The van der Waals surface area contributed by atoms with E-state index in [0.29, 0.717) is 5.41 Å². The predicted molar refractivity (Wildman–Crippen MR) is 82.5 cm³/mol. The number of hydrogen-bond acceptors (Lipinski definition) is 0. The summed E-state index contributed by atoms with van der Waals surface area (Å²) in [4.78, 5) is 3.43. The minimum absolute atomic E-state index is 0.477. The molecule has 0 saturated heterocycles. The summed E-state index contributed by atoms with van der Waals surface area (Å²) in [5, 5.41) is 1.43. The number of hydrogen-bond donors (Lipinski definition) is 1. The fourth-order valence-corrected chi connectivity index (χ4v) is 3.70. The van der Waals surface area contributed by atoms with Crippen LogP contribution in [0.1, 0.15) is 57.9 Å². The van der Waals surface area contributed by atoms with Crippen molar-refractivity contribution >= 4 is 10.9 Å². The summed E-state index contributed by atoms with van der Waals surface area (Å²) in [7, 11) is 0. The van der Waals surface area contributed by atoms with E-state index in [9.17, 15) is 0 Å². The van der Waals surface area contributed by atoms with Crippen molar-refractivity contribution in [1.29, 1.82) is 0 Å². The first-order valence-electron chi connectivity index (χ1n) is 7.62. The molecule has 1 nitrogen and oxygen atoms in total. The maximum Gasteiger partial charge on any atom is 0.0456 e. The van der Waals surface area contributed by atoms with Crippen LogP contribution in [0, 0.1) is 11.3 Å². The van der Waals surface area contributed by atoms with Gasteiger partial charge in [-0.15, -0.1) is 0 Å². The van der Waals surface area contributed by atoms with E-state index in [2.05, 4.69) is 56.2 Å². The first-order chi connectivity index (χ1) is 9.05. The highest BCUT2D eigenvalue weighted by molar-refractivity contribution is 5.83. The molecular formula is C18H25N. The van der Waals surface area contributed by atoms with Crippen molar-refractivity contribution in [3.8, 4) is 0 Å². The summed E-state index contributed by atoms with van der Waals surface area (Å²) in [6.45, 7) is 7.18. The van der Waals surface area contributed by atoms with Gasteiger partial charge in [0, 0.05) is 17.1 Å². The number of fused-ring (bicyclic) bond motifs is 1. The van der Waals surface area contributed by atoms with E-state index in [0.717, 1.165) is 11.8 Å². The van der Waals surface area contributed by atoms with Crippen molar-refractivity contribution in [3.05, 3.63) is 36.0 Å². The van der Waals surface area contributed by atoms with Crippen LogP contribution < -0.4 is 0 Å². The molecule has 0 radical (unpaired) electrons. The van der Waals surface area contributed by atoms with E-state index in [-0.39, 0.29) is 0 Å². The van der Waals surface area contributed by atoms with Crippen LogP contribution in [0.5, 0.6) is 0 Å². The average Bonchev–Trinajstić information content (AvgIpc) is 2.82. The van der Waals surface area contributed by atoms with Gasteiger partial charge in [0.15, 0.2) is 0 Å². The lowest BCUT2D eigenvalue weighted by Gasteiger charge is -2.37. The lowest BCUT2D eigenvalue weighted by Crippen LogP contribution is -2.25. The van der Waals surface area contributed by atoms with Crippen molar-refractivity contribution in [2.75, 3.05) is 0 Å². The molecule has 2 aromatic rings. The van der Waals surface area contributed by atoms with Gasteiger partial charge in [0.2, 0.25) is 0 Å². The molecule has 102 valence electrons. The molecule has 0 aliphatic heterocycles. The van der Waals surface area contributed by atoms with Crippen molar-refractivity contribution in [1.82, 2.24) is 4.98 Å². The Hall–Kier alpha value is -1.24. The van der Waals surface area contributed by atoms with Crippen LogP contribution in [0.4, 0.5) is 0 Å². The van der Waals surface area contributed by atoms with Crippen molar-refractivity contribution < 1.29 is 0 Å². The first-order valence-corrected chi connectivity index (χ1v) is 7.62. The topological polar surface area (TPSA) is 15.8 Å². The van der Waals surface area contributed by atoms with E-state index in [1.807, 2.05) is 0 Å². The summed E-state index contributed by atoms with van der Waals surface area (Å²) < 4.78 is 0. The van der Waals surface area contributed by atoms with Gasteiger partial charge in [0.25, 0.3) is 0 Å². The van der Waals surface area contributed by atoms with Gasteiger partial charge < -0.3 is 4.98 Å². The standard InChI is InChI=1S/C18H25N/c1-18(2,3)14-10-8-13(9-11-14)16-12-19-17-7-5-4-6-15(16)17/h4-7,12-14,19H,8-11H2,1-3H3. The highest BCUT2D eigenvalue weighted by Crippen LogP contribution is 2.44. The zero-order valence-corrected chi connectivity index (χ0v) is 12.4. The van der Waals surface area contributed by atoms with E-state index in [4.69, 9.17) is 0 Å². The van der Waals surface area contributed by atoms with E-state index < -0.39 is 0 Å². The molecule has 0 spiro atoms. The first kappa shape index (κ1) is 12.8. The summed E-state index contributed by atoms with van der Waals surface area (Å²) in [6, 6.07) is 8.70. The fourth-order valence-electron chi connectivity index (χ4n) is 3.70. The second-order valence-corrected chi connectivity index (χ2v) is 7.20. The Morgan fingerprint density at radius 1 is 1.00 bits per heavy atom. The quantitative estimate of drug-likeness (QED) is 0.693. The second kappa shape index (κ2) is 4.70. The van der Waals surface area contributed by atoms with Crippen LogP contribution in [0.25, 0.3) is 10.9 Å². The number of rotatable bonds is 1. The Morgan fingerprint density at radius 2 is 1.68 bits per heavy atom. The zero-order valence-electron chi connectivity index (χ0n) is 12.4. The lowest BCUT2D eigenvalue weighted by molar-refractivity contribution is 0.169. The fraction of sp³-hybridized carbons (Fsp3) is 0.556. The number of H-pyrrole nitrogens is 1. The van der Waals surface area contributed by atoms with Crippen molar-refractivity contribution in [3.63, 3.8) is 0 Å². The van der Waals surface area contributed by atoms with Crippen LogP contribution >= 0.6 is 0 Å². The molecule has 1 aliphatic carbocycles. The van der Waals surface area contributed by atoms with E-state index >= 15 is 0 Å². The summed E-state index contributed by atoms with van der Waals surface area (Å²) in [5.74, 6) is 1.66. The Bertz CT molecular complexity index is 550. The number of para-hydroxylation sites is 1. The Kier molecular flexibility index (Phi) is 3.16. The van der Waals surface area contributed by atoms with Gasteiger partial charge in [-0.3, -0.25) is 0 Å². The smallest absolute Gasteiger partial charge is 0.0456 e. The van der Waals surface area contributed by atoms with Crippen LogP contribution in [0.15, 0.2) is 30.5 Å².